The molecule has 1 unspecified atom stereocenters. The molecule has 1 aliphatic carbocycles. The number of rotatable bonds is 4. The molecule has 3 rings (SSSR count). The largest absolute Gasteiger partial charge is 0.480 e. The first-order chi connectivity index (χ1) is 9.54. The number of benzene rings is 1. The lowest BCUT2D eigenvalue weighted by atomic mass is 10.2. The fourth-order valence-electron chi connectivity index (χ4n) is 2.15. The second kappa shape index (κ2) is 4.94. The van der Waals surface area contributed by atoms with Crippen LogP contribution in [0.2, 0.25) is 0 Å². The molecule has 1 aromatic heterocycles. The van der Waals surface area contributed by atoms with Crippen molar-refractivity contribution in [1.29, 1.82) is 0 Å². The van der Waals surface area contributed by atoms with E-state index >= 15 is 0 Å². The summed E-state index contributed by atoms with van der Waals surface area (Å²) in [5, 5.41) is 12.4. The Morgan fingerprint density at radius 3 is 2.75 bits per heavy atom. The highest BCUT2D eigenvalue weighted by molar-refractivity contribution is 9.10. The number of fused-ring (bicyclic) bond motifs is 1. The fourth-order valence-corrected chi connectivity index (χ4v) is 2.53. The van der Waals surface area contributed by atoms with Gasteiger partial charge >= 0.3 is 5.97 Å². The number of amides is 1. The summed E-state index contributed by atoms with van der Waals surface area (Å²) in [6.45, 7) is 0. The van der Waals surface area contributed by atoms with Crippen LogP contribution in [0.3, 0.4) is 0 Å². The van der Waals surface area contributed by atoms with Crippen molar-refractivity contribution in [2.24, 2.45) is 5.92 Å². The Bertz CT molecular complexity index is 690. The van der Waals surface area contributed by atoms with Crippen LogP contribution in [0, 0.1) is 5.92 Å². The summed E-state index contributed by atoms with van der Waals surface area (Å²) in [6, 6.07) is 6.19. The average molecular weight is 338 g/mol. The van der Waals surface area contributed by atoms with Gasteiger partial charge in [-0.2, -0.15) is 0 Å². The normalized spacial score (nSPS) is 16.1. The van der Waals surface area contributed by atoms with Gasteiger partial charge in [-0.3, -0.25) is 4.79 Å². The maximum absolute atomic E-state index is 12.1. The predicted molar refractivity (Wildman–Crippen MR) is 75.5 cm³/mol. The minimum Gasteiger partial charge on any atom is -0.480 e. The molecule has 2 N–H and O–H groups in total. The van der Waals surface area contributed by atoms with Crippen molar-refractivity contribution in [2.75, 3.05) is 0 Å². The first kappa shape index (κ1) is 13.2. The van der Waals surface area contributed by atoms with Crippen LogP contribution in [0.4, 0.5) is 0 Å². The van der Waals surface area contributed by atoms with E-state index in [1.807, 2.05) is 12.1 Å². The zero-order valence-electron chi connectivity index (χ0n) is 10.4. The van der Waals surface area contributed by atoms with Crippen LogP contribution < -0.4 is 5.32 Å². The molecule has 1 heterocycles. The van der Waals surface area contributed by atoms with Crippen molar-refractivity contribution >= 4 is 38.8 Å². The Labute approximate surface area is 123 Å². The highest BCUT2D eigenvalue weighted by Gasteiger charge is 2.37. The minimum atomic E-state index is -1.00. The molecule has 1 aliphatic rings. The SMILES string of the molecule is O=C(NC(C(=O)O)C1CC1)c1cc2cc(Br)ccc2o1. The molecule has 0 bridgehead atoms. The predicted octanol–water partition coefficient (Wildman–Crippen LogP) is 2.79. The summed E-state index contributed by atoms with van der Waals surface area (Å²) >= 11 is 3.35. The lowest BCUT2D eigenvalue weighted by Crippen LogP contribution is -2.42. The quantitative estimate of drug-likeness (QED) is 0.898. The van der Waals surface area contributed by atoms with Gasteiger partial charge in [-0.15, -0.1) is 0 Å². The van der Waals surface area contributed by atoms with Gasteiger partial charge in [-0.05, 0) is 43.0 Å². The molecular weight excluding hydrogens is 326 g/mol. The molecule has 20 heavy (non-hydrogen) atoms. The zero-order valence-corrected chi connectivity index (χ0v) is 12.0. The van der Waals surface area contributed by atoms with Gasteiger partial charge in [0.25, 0.3) is 5.91 Å². The van der Waals surface area contributed by atoms with Gasteiger partial charge < -0.3 is 14.8 Å². The molecule has 1 amide bonds. The van der Waals surface area contributed by atoms with E-state index in [1.54, 1.807) is 12.1 Å². The topological polar surface area (TPSA) is 79.5 Å². The van der Waals surface area contributed by atoms with Crippen LogP contribution in [0.15, 0.2) is 33.2 Å². The molecule has 104 valence electrons. The van der Waals surface area contributed by atoms with Crippen molar-refractivity contribution in [3.63, 3.8) is 0 Å². The molecule has 0 radical (unpaired) electrons. The van der Waals surface area contributed by atoms with E-state index in [2.05, 4.69) is 21.2 Å². The van der Waals surface area contributed by atoms with Crippen molar-refractivity contribution in [1.82, 2.24) is 5.32 Å². The van der Waals surface area contributed by atoms with Crippen molar-refractivity contribution in [3.05, 3.63) is 34.5 Å². The third kappa shape index (κ3) is 2.56. The third-order valence-corrected chi connectivity index (χ3v) is 3.84. The molecule has 1 atom stereocenters. The van der Waals surface area contributed by atoms with E-state index < -0.39 is 17.9 Å². The molecule has 1 aromatic carbocycles. The van der Waals surface area contributed by atoms with Gasteiger partial charge in [0, 0.05) is 9.86 Å². The highest BCUT2D eigenvalue weighted by atomic mass is 79.9. The maximum Gasteiger partial charge on any atom is 0.326 e. The molecule has 2 aromatic rings. The van der Waals surface area contributed by atoms with Crippen molar-refractivity contribution in [3.8, 4) is 0 Å². The van der Waals surface area contributed by atoms with Gasteiger partial charge in [0.05, 0.1) is 0 Å². The molecule has 0 saturated heterocycles. The van der Waals surface area contributed by atoms with E-state index in [9.17, 15) is 9.59 Å². The zero-order chi connectivity index (χ0) is 14.3. The van der Waals surface area contributed by atoms with Crippen LogP contribution in [0.25, 0.3) is 11.0 Å². The number of carbonyl (C=O) groups is 2. The standard InChI is InChI=1S/C14H12BrNO4/c15-9-3-4-10-8(5-9)6-11(20-10)13(17)16-12(14(18)19)7-1-2-7/h3-7,12H,1-2H2,(H,16,17)(H,18,19). The van der Waals surface area contributed by atoms with Crippen LogP contribution in [0.1, 0.15) is 23.4 Å². The number of hydrogen-bond acceptors (Lipinski definition) is 3. The number of carboxylic acid groups (broad SMARTS) is 1. The molecule has 1 saturated carbocycles. The van der Waals surface area contributed by atoms with Gasteiger partial charge in [-0.1, -0.05) is 15.9 Å². The first-order valence-electron chi connectivity index (χ1n) is 6.27. The molecule has 1 fully saturated rings. The lowest BCUT2D eigenvalue weighted by molar-refractivity contribution is -0.139. The van der Waals surface area contributed by atoms with Crippen LogP contribution in [-0.4, -0.2) is 23.0 Å². The summed E-state index contributed by atoms with van der Waals surface area (Å²) in [4.78, 5) is 23.2. The van der Waals surface area contributed by atoms with E-state index in [4.69, 9.17) is 9.52 Å². The van der Waals surface area contributed by atoms with Crippen molar-refractivity contribution < 1.29 is 19.1 Å². The Morgan fingerprint density at radius 1 is 1.35 bits per heavy atom. The van der Waals surface area contributed by atoms with Gasteiger partial charge in [0.2, 0.25) is 0 Å². The highest BCUT2D eigenvalue weighted by Crippen LogP contribution is 2.33. The van der Waals surface area contributed by atoms with E-state index in [0.29, 0.717) is 5.58 Å². The summed E-state index contributed by atoms with van der Waals surface area (Å²) in [6.07, 6.45) is 1.68. The summed E-state index contributed by atoms with van der Waals surface area (Å²) in [7, 11) is 0. The number of furan rings is 1. The molecule has 0 spiro atoms. The fraction of sp³-hybridized carbons (Fsp3) is 0.286. The van der Waals surface area contributed by atoms with E-state index in [1.165, 1.54) is 0 Å². The molecule has 6 heteroatoms. The first-order valence-corrected chi connectivity index (χ1v) is 7.06. The third-order valence-electron chi connectivity index (χ3n) is 3.35. The van der Waals surface area contributed by atoms with Crippen LogP contribution >= 0.6 is 15.9 Å². The number of halogens is 1. The van der Waals surface area contributed by atoms with Crippen LogP contribution in [-0.2, 0) is 4.79 Å². The number of carboxylic acids is 1. The smallest absolute Gasteiger partial charge is 0.326 e. The van der Waals surface area contributed by atoms with Gasteiger partial charge in [0.15, 0.2) is 5.76 Å². The lowest BCUT2D eigenvalue weighted by Gasteiger charge is -2.11. The minimum absolute atomic E-state index is 0.0370. The average Bonchev–Trinajstić information content (AvgIpc) is 3.14. The molecule has 5 nitrogen and oxygen atoms in total. The summed E-state index contributed by atoms with van der Waals surface area (Å²) in [5.74, 6) is -1.32. The van der Waals surface area contributed by atoms with Crippen LogP contribution in [0.5, 0.6) is 0 Å². The van der Waals surface area contributed by atoms with Gasteiger partial charge in [-0.25, -0.2) is 4.79 Å². The second-order valence-electron chi connectivity index (χ2n) is 4.92. The molecule has 0 aliphatic heterocycles. The van der Waals surface area contributed by atoms with E-state index in [-0.39, 0.29) is 11.7 Å². The van der Waals surface area contributed by atoms with Crippen molar-refractivity contribution in [2.45, 2.75) is 18.9 Å². The number of nitrogens with one attached hydrogen (secondary N) is 1. The number of carbonyl (C=O) groups excluding carboxylic acids is 1. The Balaban J connectivity index is 1.82. The monoisotopic (exact) mass is 337 g/mol. The molecular formula is C14H12BrNO4. The number of aliphatic carboxylic acids is 1. The second-order valence-corrected chi connectivity index (χ2v) is 5.84. The van der Waals surface area contributed by atoms with Gasteiger partial charge in [0.1, 0.15) is 11.6 Å². The Morgan fingerprint density at radius 2 is 2.10 bits per heavy atom. The van der Waals surface area contributed by atoms with E-state index in [0.717, 1.165) is 22.7 Å². The summed E-state index contributed by atoms with van der Waals surface area (Å²) in [5.41, 5.74) is 0.594. The Hall–Kier alpha value is -1.82. The maximum atomic E-state index is 12.1. The number of hydrogen-bond donors (Lipinski definition) is 2. The summed E-state index contributed by atoms with van der Waals surface area (Å²) < 4.78 is 6.33. The Kier molecular flexibility index (Phi) is 3.25.